The zero-order chi connectivity index (χ0) is 10.0. The lowest BCUT2D eigenvalue weighted by Gasteiger charge is -2.15. The van der Waals surface area contributed by atoms with Gasteiger partial charge in [0, 0.05) is 16.7 Å². The first-order valence-corrected chi connectivity index (χ1v) is 5.74. The third-order valence-electron chi connectivity index (χ3n) is 2.92. The van der Waals surface area contributed by atoms with Gasteiger partial charge in [0.15, 0.2) is 0 Å². The smallest absolute Gasteiger partial charge is 0.0484 e. The second-order valence-electron chi connectivity index (χ2n) is 4.04. The fraction of sp³-hybridized carbons (Fsp3) is 0.455. The van der Waals surface area contributed by atoms with Gasteiger partial charge in [0.25, 0.3) is 0 Å². The van der Waals surface area contributed by atoms with Crippen LogP contribution in [0.5, 0.6) is 0 Å². The van der Waals surface area contributed by atoms with E-state index in [0.29, 0.717) is 5.41 Å². The zero-order valence-electron chi connectivity index (χ0n) is 8.09. The Balaban J connectivity index is 1.95. The molecule has 1 aromatic carbocycles. The van der Waals surface area contributed by atoms with E-state index in [0.717, 1.165) is 23.2 Å². The average molecular weight is 255 g/mol. The van der Waals surface area contributed by atoms with Gasteiger partial charge in [-0.25, -0.2) is 0 Å². The van der Waals surface area contributed by atoms with Gasteiger partial charge in [-0.05, 0) is 52.9 Å². The highest BCUT2D eigenvalue weighted by Gasteiger charge is 2.40. The number of hydrogen-bond donors (Lipinski definition) is 2. The molecule has 3 N–H and O–H groups in total. The van der Waals surface area contributed by atoms with Gasteiger partial charge in [-0.3, -0.25) is 0 Å². The standard InChI is InChI=1S/C11H15BrN2/c12-9-3-1-2-4-10(9)14-8-11(7-13)5-6-11/h1-4,14H,5-8,13H2. The molecule has 2 nitrogen and oxygen atoms in total. The van der Waals surface area contributed by atoms with Crippen LogP contribution in [0.3, 0.4) is 0 Å². The summed E-state index contributed by atoms with van der Waals surface area (Å²) in [6.45, 7) is 1.79. The average Bonchev–Trinajstić information content (AvgIpc) is 2.98. The first-order chi connectivity index (χ1) is 6.76. The molecule has 0 unspecified atom stereocenters. The third kappa shape index (κ3) is 2.10. The number of benzene rings is 1. The van der Waals surface area contributed by atoms with Crippen molar-refractivity contribution in [1.82, 2.24) is 0 Å². The van der Waals surface area contributed by atoms with Crippen LogP contribution >= 0.6 is 15.9 Å². The highest BCUT2D eigenvalue weighted by atomic mass is 79.9. The molecule has 2 rings (SSSR count). The van der Waals surface area contributed by atoms with Gasteiger partial charge >= 0.3 is 0 Å². The maximum atomic E-state index is 5.72. The van der Waals surface area contributed by atoms with E-state index in [1.54, 1.807) is 0 Å². The molecular formula is C11H15BrN2. The minimum Gasteiger partial charge on any atom is -0.384 e. The number of anilines is 1. The molecule has 3 heteroatoms. The Bertz CT molecular complexity index is 321. The quantitative estimate of drug-likeness (QED) is 0.867. The molecule has 0 radical (unpaired) electrons. The van der Waals surface area contributed by atoms with Crippen LogP contribution in [0, 0.1) is 5.41 Å². The lowest BCUT2D eigenvalue weighted by Crippen LogP contribution is -2.24. The molecule has 0 heterocycles. The Labute approximate surface area is 93.0 Å². The van der Waals surface area contributed by atoms with Crippen LogP contribution in [0.4, 0.5) is 5.69 Å². The Morgan fingerprint density at radius 3 is 2.64 bits per heavy atom. The number of para-hydroxylation sites is 1. The van der Waals surface area contributed by atoms with Crippen molar-refractivity contribution >= 4 is 21.6 Å². The lowest BCUT2D eigenvalue weighted by atomic mass is 10.1. The van der Waals surface area contributed by atoms with Crippen molar-refractivity contribution in [2.24, 2.45) is 11.1 Å². The highest BCUT2D eigenvalue weighted by Crippen LogP contribution is 2.44. The summed E-state index contributed by atoms with van der Waals surface area (Å²) in [6.07, 6.45) is 2.53. The molecular weight excluding hydrogens is 240 g/mol. The minimum atomic E-state index is 0.384. The van der Waals surface area contributed by atoms with Crippen molar-refractivity contribution in [3.8, 4) is 0 Å². The molecule has 0 aromatic heterocycles. The van der Waals surface area contributed by atoms with E-state index in [1.165, 1.54) is 12.8 Å². The van der Waals surface area contributed by atoms with Crippen LogP contribution in [-0.2, 0) is 0 Å². The predicted octanol–water partition coefficient (Wildman–Crippen LogP) is 2.60. The molecule has 1 fully saturated rings. The molecule has 14 heavy (non-hydrogen) atoms. The van der Waals surface area contributed by atoms with Crippen molar-refractivity contribution < 1.29 is 0 Å². The van der Waals surface area contributed by atoms with Crippen LogP contribution < -0.4 is 11.1 Å². The second kappa shape index (κ2) is 3.91. The van der Waals surface area contributed by atoms with Gasteiger partial charge in [0.2, 0.25) is 0 Å². The van der Waals surface area contributed by atoms with Gasteiger partial charge in [-0.15, -0.1) is 0 Å². The van der Waals surface area contributed by atoms with E-state index >= 15 is 0 Å². The normalized spacial score (nSPS) is 17.9. The highest BCUT2D eigenvalue weighted by molar-refractivity contribution is 9.10. The monoisotopic (exact) mass is 254 g/mol. The summed E-state index contributed by atoms with van der Waals surface area (Å²) in [7, 11) is 0. The first-order valence-electron chi connectivity index (χ1n) is 4.94. The van der Waals surface area contributed by atoms with Gasteiger partial charge in [0.05, 0.1) is 0 Å². The molecule has 0 atom stereocenters. The molecule has 0 spiro atoms. The molecule has 1 aliphatic rings. The van der Waals surface area contributed by atoms with Gasteiger partial charge in [-0.1, -0.05) is 12.1 Å². The number of halogens is 1. The Hall–Kier alpha value is -0.540. The van der Waals surface area contributed by atoms with Crippen molar-refractivity contribution in [2.75, 3.05) is 18.4 Å². The van der Waals surface area contributed by atoms with Crippen molar-refractivity contribution in [2.45, 2.75) is 12.8 Å². The van der Waals surface area contributed by atoms with E-state index in [9.17, 15) is 0 Å². The fourth-order valence-corrected chi connectivity index (χ4v) is 1.94. The number of nitrogens with one attached hydrogen (secondary N) is 1. The molecule has 0 saturated heterocycles. The topological polar surface area (TPSA) is 38.0 Å². The summed E-state index contributed by atoms with van der Waals surface area (Å²) in [5.41, 5.74) is 7.26. The van der Waals surface area contributed by atoms with Crippen molar-refractivity contribution in [3.05, 3.63) is 28.7 Å². The van der Waals surface area contributed by atoms with Gasteiger partial charge in [0.1, 0.15) is 0 Å². The number of hydrogen-bond acceptors (Lipinski definition) is 2. The molecule has 1 saturated carbocycles. The summed E-state index contributed by atoms with van der Waals surface area (Å²) in [6, 6.07) is 8.18. The van der Waals surface area contributed by atoms with E-state index in [1.807, 2.05) is 18.2 Å². The third-order valence-corrected chi connectivity index (χ3v) is 3.61. The van der Waals surface area contributed by atoms with Gasteiger partial charge in [-0.2, -0.15) is 0 Å². The summed E-state index contributed by atoms with van der Waals surface area (Å²) >= 11 is 3.51. The van der Waals surface area contributed by atoms with Crippen LogP contribution in [0.25, 0.3) is 0 Å². The second-order valence-corrected chi connectivity index (χ2v) is 4.89. The van der Waals surface area contributed by atoms with Crippen LogP contribution in [-0.4, -0.2) is 13.1 Å². The van der Waals surface area contributed by atoms with E-state index in [-0.39, 0.29) is 0 Å². The Morgan fingerprint density at radius 2 is 2.07 bits per heavy atom. The van der Waals surface area contributed by atoms with E-state index in [2.05, 4.69) is 27.3 Å². The molecule has 0 amide bonds. The SMILES string of the molecule is NCC1(CNc2ccccc2Br)CC1. The van der Waals surface area contributed by atoms with E-state index < -0.39 is 0 Å². The Kier molecular flexibility index (Phi) is 2.79. The van der Waals surface area contributed by atoms with Crippen molar-refractivity contribution in [1.29, 1.82) is 0 Å². The molecule has 1 aliphatic carbocycles. The van der Waals surface area contributed by atoms with Gasteiger partial charge < -0.3 is 11.1 Å². The largest absolute Gasteiger partial charge is 0.384 e. The number of nitrogens with two attached hydrogens (primary N) is 1. The maximum absolute atomic E-state index is 5.72. The lowest BCUT2D eigenvalue weighted by molar-refractivity contribution is 0.556. The Morgan fingerprint density at radius 1 is 1.36 bits per heavy atom. The minimum absolute atomic E-state index is 0.384. The zero-order valence-corrected chi connectivity index (χ0v) is 9.68. The number of rotatable bonds is 4. The summed E-state index contributed by atoms with van der Waals surface area (Å²) in [4.78, 5) is 0. The van der Waals surface area contributed by atoms with Crippen LogP contribution in [0.2, 0.25) is 0 Å². The van der Waals surface area contributed by atoms with Crippen LogP contribution in [0.1, 0.15) is 12.8 Å². The molecule has 1 aromatic rings. The molecule has 0 bridgehead atoms. The summed E-state index contributed by atoms with van der Waals surface area (Å²) in [5.74, 6) is 0. The summed E-state index contributed by atoms with van der Waals surface area (Å²) in [5, 5.41) is 3.44. The predicted molar refractivity (Wildman–Crippen MR) is 63.4 cm³/mol. The maximum Gasteiger partial charge on any atom is 0.0484 e. The first kappa shape index (κ1) is 9.99. The van der Waals surface area contributed by atoms with E-state index in [4.69, 9.17) is 5.73 Å². The fourth-order valence-electron chi connectivity index (χ4n) is 1.52. The summed E-state index contributed by atoms with van der Waals surface area (Å²) < 4.78 is 1.12. The van der Waals surface area contributed by atoms with Crippen LogP contribution in [0.15, 0.2) is 28.7 Å². The van der Waals surface area contributed by atoms with Crippen molar-refractivity contribution in [3.63, 3.8) is 0 Å². The molecule has 0 aliphatic heterocycles. The molecule has 76 valence electrons.